The molecule has 90 valence electrons. The summed E-state index contributed by atoms with van der Waals surface area (Å²) in [6, 6.07) is 6.77. The van der Waals surface area contributed by atoms with Gasteiger partial charge >= 0.3 is 0 Å². The summed E-state index contributed by atoms with van der Waals surface area (Å²) in [6.07, 6.45) is 2.22. The smallest absolute Gasteiger partial charge is 0.267 e. The van der Waals surface area contributed by atoms with Crippen molar-refractivity contribution in [2.45, 2.75) is 0 Å². The highest BCUT2D eigenvalue weighted by Gasteiger charge is 2.14. The fourth-order valence-electron chi connectivity index (χ4n) is 1.42. The van der Waals surface area contributed by atoms with Gasteiger partial charge in [0.15, 0.2) is 0 Å². The van der Waals surface area contributed by atoms with Crippen molar-refractivity contribution in [1.29, 1.82) is 0 Å². The zero-order valence-electron chi connectivity index (χ0n) is 9.36. The number of hydrogen-bond acceptors (Lipinski definition) is 4. The minimum Gasteiger partial charge on any atom is -0.267 e. The Balaban J connectivity index is 2.74. The monoisotopic (exact) mass is 253 g/mol. The molecule has 0 aliphatic heterocycles. The van der Waals surface area contributed by atoms with Gasteiger partial charge in [0.2, 0.25) is 10.0 Å². The Morgan fingerprint density at radius 1 is 1.29 bits per heavy atom. The number of hydrogen-bond donors (Lipinski definition) is 0. The summed E-state index contributed by atoms with van der Waals surface area (Å²) in [7, 11) is -2.19. The summed E-state index contributed by atoms with van der Waals surface area (Å²) in [6.45, 7) is 0. The Morgan fingerprint density at radius 2 is 1.94 bits per heavy atom. The molecule has 0 atom stereocenters. The summed E-state index contributed by atoms with van der Waals surface area (Å²) < 4.78 is 24.5. The minimum absolute atomic E-state index is 0.380. The van der Waals surface area contributed by atoms with Crippen molar-refractivity contribution in [3.8, 4) is 0 Å². The third-order valence-corrected chi connectivity index (χ3v) is 3.57. The zero-order chi connectivity index (χ0) is 12.6. The highest BCUT2D eigenvalue weighted by Crippen LogP contribution is 2.05. The van der Waals surface area contributed by atoms with Crippen LogP contribution in [0, 0.1) is 0 Å². The molecule has 0 spiro atoms. The molecular formula is C10H11N3O3S. The lowest BCUT2D eigenvalue weighted by Gasteiger charge is -2.18. The van der Waals surface area contributed by atoms with Gasteiger partial charge in [-0.3, -0.25) is 4.79 Å². The summed E-state index contributed by atoms with van der Waals surface area (Å²) in [4.78, 5) is 16.1. The molecule has 17 heavy (non-hydrogen) atoms. The highest BCUT2D eigenvalue weighted by molar-refractivity contribution is 7.91. The first-order chi connectivity index (χ1) is 7.91. The van der Waals surface area contributed by atoms with Gasteiger partial charge < -0.3 is 0 Å². The van der Waals surface area contributed by atoms with Crippen molar-refractivity contribution < 1.29 is 8.42 Å². The van der Waals surface area contributed by atoms with E-state index in [1.807, 2.05) is 0 Å². The molecule has 0 radical (unpaired) electrons. The van der Waals surface area contributed by atoms with E-state index in [-0.39, 0.29) is 0 Å². The molecule has 0 saturated heterocycles. The standard InChI is InChI=1S/C10H11N3O3S/c1-12(17(2,15)16)13-7-11-9-6-4-3-5-8(9)10(13)14/h3-7H,1-2H3. The van der Waals surface area contributed by atoms with Crippen molar-refractivity contribution in [3.05, 3.63) is 40.9 Å². The first-order valence-electron chi connectivity index (χ1n) is 4.82. The van der Waals surface area contributed by atoms with Crippen molar-refractivity contribution in [3.63, 3.8) is 0 Å². The second-order valence-electron chi connectivity index (χ2n) is 3.61. The van der Waals surface area contributed by atoms with Gasteiger partial charge in [-0.15, -0.1) is 0 Å². The number of benzene rings is 1. The summed E-state index contributed by atoms with van der Waals surface area (Å²) >= 11 is 0. The number of sulfonamides is 1. The predicted octanol–water partition coefficient (Wildman–Crippen LogP) is -0.0761. The first-order valence-corrected chi connectivity index (χ1v) is 6.66. The van der Waals surface area contributed by atoms with Gasteiger partial charge in [0.05, 0.1) is 17.2 Å². The van der Waals surface area contributed by atoms with Gasteiger partial charge in [-0.25, -0.2) is 17.8 Å². The molecule has 0 unspecified atom stereocenters. The molecule has 0 N–H and O–H groups in total. The number of rotatable bonds is 2. The van der Waals surface area contributed by atoms with Gasteiger partial charge in [-0.05, 0) is 12.1 Å². The molecule has 1 aromatic heterocycles. The molecule has 0 saturated carbocycles. The van der Waals surface area contributed by atoms with Gasteiger partial charge in [-0.1, -0.05) is 12.1 Å². The maximum absolute atomic E-state index is 12.0. The summed E-state index contributed by atoms with van der Waals surface area (Å²) in [5.74, 6) is 0. The van der Waals surface area contributed by atoms with E-state index in [1.165, 1.54) is 13.4 Å². The number of nitrogens with zero attached hydrogens (tertiary/aromatic N) is 3. The lowest BCUT2D eigenvalue weighted by Crippen LogP contribution is -2.42. The molecule has 0 aliphatic rings. The lowest BCUT2D eigenvalue weighted by atomic mass is 10.2. The molecule has 0 fully saturated rings. The maximum Gasteiger partial charge on any atom is 0.280 e. The molecule has 2 aromatic rings. The molecule has 0 aliphatic carbocycles. The molecule has 0 bridgehead atoms. The third-order valence-electron chi connectivity index (χ3n) is 2.43. The van der Waals surface area contributed by atoms with E-state index in [0.717, 1.165) is 15.3 Å². The molecule has 1 aromatic carbocycles. The Hall–Kier alpha value is -1.89. The quantitative estimate of drug-likeness (QED) is 0.750. The van der Waals surface area contributed by atoms with Crippen LogP contribution in [-0.4, -0.2) is 31.4 Å². The summed E-state index contributed by atoms with van der Waals surface area (Å²) in [5, 5.41) is 0.380. The normalized spacial score (nSPS) is 11.6. The van der Waals surface area contributed by atoms with Crippen LogP contribution in [0.3, 0.4) is 0 Å². The second kappa shape index (κ2) is 3.85. The van der Waals surface area contributed by atoms with Crippen molar-refractivity contribution in [1.82, 2.24) is 9.66 Å². The average molecular weight is 253 g/mol. The van der Waals surface area contributed by atoms with Gasteiger partial charge in [0, 0.05) is 7.05 Å². The number of para-hydroxylation sites is 1. The SMILES string of the molecule is CN(n1cnc2ccccc2c1=O)S(C)(=O)=O. The van der Waals surface area contributed by atoms with Crippen LogP contribution in [-0.2, 0) is 10.0 Å². The van der Waals surface area contributed by atoms with Crippen LogP contribution in [0.15, 0.2) is 35.4 Å². The van der Waals surface area contributed by atoms with Gasteiger partial charge in [0.25, 0.3) is 5.56 Å². The van der Waals surface area contributed by atoms with Crippen LogP contribution in [0.25, 0.3) is 10.9 Å². The van der Waals surface area contributed by atoms with Crippen molar-refractivity contribution >= 4 is 20.9 Å². The molecule has 2 rings (SSSR count). The van der Waals surface area contributed by atoms with Crippen LogP contribution in [0.4, 0.5) is 0 Å². The van der Waals surface area contributed by atoms with Gasteiger partial charge in [-0.2, -0.15) is 4.68 Å². The van der Waals surface area contributed by atoms with Crippen LogP contribution >= 0.6 is 0 Å². The van der Waals surface area contributed by atoms with Crippen LogP contribution in [0.1, 0.15) is 0 Å². The maximum atomic E-state index is 12.0. The Kier molecular flexibility index (Phi) is 2.62. The minimum atomic E-state index is -3.49. The van der Waals surface area contributed by atoms with E-state index in [1.54, 1.807) is 24.3 Å². The van der Waals surface area contributed by atoms with Gasteiger partial charge in [0.1, 0.15) is 6.33 Å². The Labute approximate surface area is 98.1 Å². The highest BCUT2D eigenvalue weighted by atomic mass is 32.2. The van der Waals surface area contributed by atoms with Crippen LogP contribution in [0.2, 0.25) is 0 Å². The molecule has 7 heteroatoms. The molecule has 1 heterocycles. The third kappa shape index (κ3) is 2.01. The van der Waals surface area contributed by atoms with E-state index in [0.29, 0.717) is 10.9 Å². The Morgan fingerprint density at radius 3 is 2.59 bits per heavy atom. The van der Waals surface area contributed by atoms with E-state index < -0.39 is 15.6 Å². The fourth-order valence-corrected chi connectivity index (χ4v) is 1.86. The molecule has 6 nitrogen and oxygen atoms in total. The molecule has 0 amide bonds. The number of fused-ring (bicyclic) bond motifs is 1. The largest absolute Gasteiger partial charge is 0.280 e. The zero-order valence-corrected chi connectivity index (χ0v) is 10.2. The van der Waals surface area contributed by atoms with Crippen LogP contribution in [0.5, 0.6) is 0 Å². The van der Waals surface area contributed by atoms with Crippen molar-refractivity contribution in [2.24, 2.45) is 0 Å². The van der Waals surface area contributed by atoms with E-state index in [2.05, 4.69) is 4.98 Å². The summed E-state index contributed by atoms with van der Waals surface area (Å²) in [5.41, 5.74) is 0.124. The van der Waals surface area contributed by atoms with E-state index >= 15 is 0 Å². The Bertz CT molecular complexity index is 721. The average Bonchev–Trinajstić information content (AvgIpc) is 2.28. The fraction of sp³-hybridized carbons (Fsp3) is 0.200. The van der Waals surface area contributed by atoms with Crippen molar-refractivity contribution in [2.75, 3.05) is 17.7 Å². The lowest BCUT2D eigenvalue weighted by molar-refractivity contribution is 0.581. The topological polar surface area (TPSA) is 72.3 Å². The predicted molar refractivity (Wildman–Crippen MR) is 65.0 cm³/mol. The van der Waals surface area contributed by atoms with E-state index in [9.17, 15) is 13.2 Å². The second-order valence-corrected chi connectivity index (χ2v) is 5.60. The molecular weight excluding hydrogens is 242 g/mol. The van der Waals surface area contributed by atoms with Crippen LogP contribution < -0.4 is 9.97 Å². The first kappa shape index (κ1) is 11.6. The van der Waals surface area contributed by atoms with E-state index in [4.69, 9.17) is 0 Å². The number of aromatic nitrogens is 2.